The minimum Gasteiger partial charge on any atom is -0.389 e. The van der Waals surface area contributed by atoms with Crippen molar-refractivity contribution >= 4 is 11.0 Å². The number of aromatic nitrogens is 3. The van der Waals surface area contributed by atoms with Crippen LogP contribution < -0.4 is 10.9 Å². The fourth-order valence-corrected chi connectivity index (χ4v) is 2.48. The average molecular weight is 268 g/mol. The van der Waals surface area contributed by atoms with Crippen molar-refractivity contribution < 1.29 is 14.6 Å². The van der Waals surface area contributed by atoms with Gasteiger partial charge in [-0.3, -0.25) is 10.1 Å². The summed E-state index contributed by atoms with van der Waals surface area (Å²) in [4.78, 5) is 20.8. The Morgan fingerprint density at radius 1 is 1.32 bits per heavy atom. The molecule has 7 nitrogen and oxygen atoms in total. The molecule has 3 rings (SSSR count). The lowest BCUT2D eigenvalue weighted by Crippen LogP contribution is -2.34. The molecular weight excluding hydrogens is 255 g/mol. The number of nitrogens with zero attached hydrogens (tertiary/aromatic N) is 1. The molecule has 0 aromatic carbocycles. The third-order valence-corrected chi connectivity index (χ3v) is 3.50. The third kappa shape index (κ3) is 1.76. The van der Waals surface area contributed by atoms with E-state index in [1.54, 1.807) is 0 Å². The Morgan fingerprint density at radius 3 is 2.79 bits per heavy atom. The molecule has 5 N–H and O–H groups in total. The maximum absolute atomic E-state index is 12.7. The Hall–Kier alpha value is -1.77. The first-order chi connectivity index (χ1) is 9.13. The molecule has 1 aliphatic rings. The van der Waals surface area contributed by atoms with Crippen molar-refractivity contribution in [3.63, 3.8) is 0 Å². The fraction of sp³-hybridized carbons (Fsp3) is 0.455. The summed E-state index contributed by atoms with van der Waals surface area (Å²) in [5, 5.41) is 22.5. The van der Waals surface area contributed by atoms with E-state index in [4.69, 9.17) is 0 Å². The Kier molecular flexibility index (Phi) is 2.85. The second-order valence-electron chi connectivity index (χ2n) is 4.59. The minimum absolute atomic E-state index is 0.282. The van der Waals surface area contributed by atoms with Crippen LogP contribution in [0.1, 0.15) is 11.6 Å². The fourth-order valence-electron chi connectivity index (χ4n) is 2.48. The van der Waals surface area contributed by atoms with Crippen LogP contribution in [0.15, 0.2) is 17.3 Å². The predicted molar refractivity (Wildman–Crippen MR) is 64.4 cm³/mol. The minimum atomic E-state index is -1.19. The zero-order valence-corrected chi connectivity index (χ0v) is 9.80. The maximum Gasteiger partial charge on any atom is 0.275 e. The molecule has 2 aromatic heterocycles. The van der Waals surface area contributed by atoms with Crippen LogP contribution in [0, 0.1) is 0 Å². The Morgan fingerprint density at radius 2 is 2.11 bits per heavy atom. The number of aliphatic hydroxyl groups excluding tert-OH is 2. The molecule has 102 valence electrons. The van der Waals surface area contributed by atoms with Crippen molar-refractivity contribution in [3.05, 3.63) is 28.4 Å². The number of alkyl halides is 1. The molecule has 0 aliphatic carbocycles. The molecule has 1 fully saturated rings. The van der Waals surface area contributed by atoms with Gasteiger partial charge in [-0.15, -0.1) is 0 Å². The van der Waals surface area contributed by atoms with E-state index in [2.05, 4.69) is 20.3 Å². The molecule has 3 heterocycles. The van der Waals surface area contributed by atoms with E-state index in [9.17, 15) is 19.4 Å². The first-order valence-electron chi connectivity index (χ1n) is 5.86. The van der Waals surface area contributed by atoms with E-state index in [-0.39, 0.29) is 11.1 Å². The molecular formula is C11H13FN4O3. The zero-order chi connectivity index (χ0) is 13.6. The molecule has 1 unspecified atom stereocenters. The van der Waals surface area contributed by atoms with Crippen LogP contribution in [-0.4, -0.2) is 50.1 Å². The van der Waals surface area contributed by atoms with Gasteiger partial charge in [-0.25, -0.2) is 9.37 Å². The summed E-state index contributed by atoms with van der Waals surface area (Å²) >= 11 is 0. The van der Waals surface area contributed by atoms with Gasteiger partial charge in [-0.05, 0) is 0 Å². The van der Waals surface area contributed by atoms with E-state index >= 15 is 0 Å². The number of rotatable bonds is 2. The molecule has 0 amide bonds. The van der Waals surface area contributed by atoms with Gasteiger partial charge in [0.15, 0.2) is 0 Å². The standard InChI is InChI=1S/C11H13FN4O3/c12-1-5-9(17)10(18)7(16-5)4-2-13-8-6(4)14-3-15-11(8)19/h2-3,5,7,9-10,13,16-18H,1H2,(H,14,15,19)/t5-,7+,9+,10?/m1/s1. The summed E-state index contributed by atoms with van der Waals surface area (Å²) in [6.07, 6.45) is 0.441. The summed E-state index contributed by atoms with van der Waals surface area (Å²) < 4.78 is 12.7. The van der Waals surface area contributed by atoms with Gasteiger partial charge in [0.05, 0.1) is 24.5 Å². The van der Waals surface area contributed by atoms with Gasteiger partial charge in [-0.2, -0.15) is 0 Å². The van der Waals surface area contributed by atoms with Crippen molar-refractivity contribution in [3.8, 4) is 0 Å². The molecule has 1 aliphatic heterocycles. The van der Waals surface area contributed by atoms with Crippen LogP contribution in [0.2, 0.25) is 0 Å². The summed E-state index contributed by atoms with van der Waals surface area (Å²) in [5.41, 5.74) is 0.881. The predicted octanol–water partition coefficient (Wildman–Crippen LogP) is -1.04. The average Bonchev–Trinajstić information content (AvgIpc) is 2.94. The van der Waals surface area contributed by atoms with Crippen molar-refractivity contribution in [2.24, 2.45) is 0 Å². The quantitative estimate of drug-likeness (QED) is 0.477. The van der Waals surface area contributed by atoms with E-state index in [0.29, 0.717) is 11.1 Å². The Labute approximate surface area is 106 Å². The number of hydrogen-bond donors (Lipinski definition) is 5. The molecule has 8 heteroatoms. The molecule has 0 spiro atoms. The van der Waals surface area contributed by atoms with E-state index in [0.717, 1.165) is 0 Å². The normalized spacial score (nSPS) is 31.1. The van der Waals surface area contributed by atoms with Crippen LogP contribution in [0.3, 0.4) is 0 Å². The van der Waals surface area contributed by atoms with Gasteiger partial charge < -0.3 is 20.2 Å². The number of nitrogens with one attached hydrogen (secondary N) is 3. The van der Waals surface area contributed by atoms with Crippen molar-refractivity contribution in [2.45, 2.75) is 24.3 Å². The number of fused-ring (bicyclic) bond motifs is 1. The van der Waals surface area contributed by atoms with Crippen molar-refractivity contribution in [2.75, 3.05) is 6.67 Å². The second kappa shape index (κ2) is 4.41. The van der Waals surface area contributed by atoms with Crippen molar-refractivity contribution in [1.82, 2.24) is 20.3 Å². The maximum atomic E-state index is 12.7. The van der Waals surface area contributed by atoms with Gasteiger partial charge in [-0.1, -0.05) is 0 Å². The Balaban J connectivity index is 2.06. The van der Waals surface area contributed by atoms with Crippen LogP contribution in [0.25, 0.3) is 11.0 Å². The Bertz CT molecular complexity index is 655. The summed E-state index contributed by atoms with van der Waals surface area (Å²) in [6.45, 7) is -0.787. The van der Waals surface area contributed by atoms with Gasteiger partial charge in [0.2, 0.25) is 0 Å². The number of halogens is 1. The summed E-state index contributed by atoms with van der Waals surface area (Å²) in [6, 6.07) is -1.49. The topological polar surface area (TPSA) is 114 Å². The lowest BCUT2D eigenvalue weighted by Gasteiger charge is -2.14. The molecule has 1 saturated heterocycles. The highest BCUT2D eigenvalue weighted by molar-refractivity contribution is 5.78. The van der Waals surface area contributed by atoms with E-state index in [1.165, 1.54) is 12.5 Å². The summed E-state index contributed by atoms with van der Waals surface area (Å²) in [7, 11) is 0. The monoisotopic (exact) mass is 268 g/mol. The number of H-pyrrole nitrogens is 2. The largest absolute Gasteiger partial charge is 0.389 e. The highest BCUT2D eigenvalue weighted by atomic mass is 19.1. The van der Waals surface area contributed by atoms with Gasteiger partial charge in [0.1, 0.15) is 23.8 Å². The third-order valence-electron chi connectivity index (χ3n) is 3.50. The number of aliphatic hydroxyl groups is 2. The first kappa shape index (κ1) is 12.3. The van der Waals surface area contributed by atoms with Crippen molar-refractivity contribution in [1.29, 1.82) is 0 Å². The smallest absolute Gasteiger partial charge is 0.275 e. The molecule has 19 heavy (non-hydrogen) atoms. The highest BCUT2D eigenvalue weighted by Gasteiger charge is 2.42. The summed E-state index contributed by atoms with van der Waals surface area (Å²) in [5.74, 6) is 0. The lowest BCUT2D eigenvalue weighted by molar-refractivity contribution is 0.0248. The molecule has 0 bridgehead atoms. The second-order valence-corrected chi connectivity index (χ2v) is 4.59. The van der Waals surface area contributed by atoms with Crippen LogP contribution in [-0.2, 0) is 0 Å². The highest BCUT2D eigenvalue weighted by Crippen LogP contribution is 2.30. The molecule has 2 aromatic rings. The number of aromatic amines is 2. The molecule has 0 radical (unpaired) electrons. The first-order valence-corrected chi connectivity index (χ1v) is 5.86. The van der Waals surface area contributed by atoms with E-state index in [1.807, 2.05) is 0 Å². The molecule has 4 atom stereocenters. The number of hydrogen-bond acceptors (Lipinski definition) is 5. The van der Waals surface area contributed by atoms with Crippen LogP contribution in [0.5, 0.6) is 0 Å². The zero-order valence-electron chi connectivity index (χ0n) is 9.80. The van der Waals surface area contributed by atoms with Crippen LogP contribution in [0.4, 0.5) is 4.39 Å². The van der Waals surface area contributed by atoms with Gasteiger partial charge in [0.25, 0.3) is 5.56 Å². The van der Waals surface area contributed by atoms with Crippen LogP contribution >= 0.6 is 0 Å². The van der Waals surface area contributed by atoms with Gasteiger partial charge >= 0.3 is 0 Å². The van der Waals surface area contributed by atoms with E-state index < -0.39 is 31.0 Å². The van der Waals surface area contributed by atoms with Gasteiger partial charge in [0, 0.05) is 11.8 Å². The lowest BCUT2D eigenvalue weighted by atomic mass is 10.0. The SMILES string of the molecule is O=c1[nH]cnc2c([C@@H]3N[C@H](CF)[C@H](O)C3O)c[nH]c12. The molecule has 0 saturated carbocycles.